The Morgan fingerprint density at radius 1 is 1.00 bits per heavy atom. The lowest BCUT2D eigenvalue weighted by molar-refractivity contribution is 0.628. The van der Waals surface area contributed by atoms with Gasteiger partial charge in [0.1, 0.15) is 5.82 Å². The van der Waals surface area contributed by atoms with Gasteiger partial charge in [-0.25, -0.2) is 9.37 Å². The second-order valence-corrected chi connectivity index (χ2v) is 7.34. The van der Waals surface area contributed by atoms with Gasteiger partial charge in [-0.1, -0.05) is 29.8 Å². The van der Waals surface area contributed by atoms with Crippen LogP contribution in [-0.2, 0) is 6.54 Å². The van der Waals surface area contributed by atoms with Crippen LogP contribution in [0.4, 0.5) is 4.39 Å². The molecule has 0 saturated heterocycles. The summed E-state index contributed by atoms with van der Waals surface area (Å²) in [5.74, 6) is 0.663. The minimum Gasteiger partial charge on any atom is -0.319 e. The summed E-state index contributed by atoms with van der Waals surface area (Å²) in [5, 5.41) is 0. The average molecular weight is 336 g/mol. The van der Waals surface area contributed by atoms with Crippen molar-refractivity contribution in [2.45, 2.75) is 20.4 Å². The molecule has 2 aromatic heterocycles. The zero-order valence-corrected chi connectivity index (χ0v) is 14.4. The molecular formula is C20H17FN2S. The van der Waals surface area contributed by atoms with Crippen LogP contribution in [0.5, 0.6) is 0 Å². The van der Waals surface area contributed by atoms with E-state index in [4.69, 9.17) is 4.98 Å². The third kappa shape index (κ3) is 2.74. The average Bonchev–Trinajstić information content (AvgIpc) is 3.14. The van der Waals surface area contributed by atoms with Crippen molar-refractivity contribution in [2.75, 3.05) is 0 Å². The Bertz CT molecular complexity index is 1010. The molecule has 0 aliphatic heterocycles. The van der Waals surface area contributed by atoms with Crippen LogP contribution in [0.25, 0.3) is 21.7 Å². The van der Waals surface area contributed by atoms with Gasteiger partial charge >= 0.3 is 0 Å². The molecule has 0 aliphatic rings. The zero-order valence-electron chi connectivity index (χ0n) is 13.6. The molecule has 0 aliphatic carbocycles. The molecule has 2 heterocycles. The molecule has 0 unspecified atom stereocenters. The van der Waals surface area contributed by atoms with Crippen LogP contribution in [0.1, 0.15) is 16.0 Å². The molecule has 0 bridgehead atoms. The van der Waals surface area contributed by atoms with E-state index in [1.807, 2.05) is 0 Å². The van der Waals surface area contributed by atoms with Crippen LogP contribution in [0.2, 0.25) is 0 Å². The molecule has 0 radical (unpaired) electrons. The van der Waals surface area contributed by atoms with Gasteiger partial charge in [-0.3, -0.25) is 0 Å². The third-order valence-corrected chi connectivity index (χ3v) is 5.13. The van der Waals surface area contributed by atoms with Gasteiger partial charge in [-0.2, -0.15) is 0 Å². The summed E-state index contributed by atoms with van der Waals surface area (Å²) < 4.78 is 15.9. The largest absolute Gasteiger partial charge is 0.319 e. The number of thiophene rings is 1. The summed E-state index contributed by atoms with van der Waals surface area (Å²) in [4.78, 5) is 7.11. The number of rotatable bonds is 3. The highest BCUT2D eigenvalue weighted by Gasteiger charge is 2.15. The van der Waals surface area contributed by atoms with Crippen LogP contribution in [0, 0.1) is 19.7 Å². The first-order chi connectivity index (χ1) is 11.6. The van der Waals surface area contributed by atoms with E-state index < -0.39 is 0 Å². The highest BCUT2D eigenvalue weighted by molar-refractivity contribution is 7.15. The third-order valence-electron chi connectivity index (χ3n) is 4.13. The molecule has 2 aromatic carbocycles. The van der Waals surface area contributed by atoms with E-state index in [0.717, 1.165) is 21.7 Å². The topological polar surface area (TPSA) is 17.8 Å². The highest BCUT2D eigenvalue weighted by atomic mass is 32.1. The molecule has 0 amide bonds. The molecule has 2 nitrogen and oxygen atoms in total. The van der Waals surface area contributed by atoms with Gasteiger partial charge in [-0.05, 0) is 49.7 Å². The van der Waals surface area contributed by atoms with Crippen molar-refractivity contribution in [3.63, 3.8) is 0 Å². The Morgan fingerprint density at radius 2 is 1.79 bits per heavy atom. The van der Waals surface area contributed by atoms with E-state index in [1.54, 1.807) is 23.5 Å². The first-order valence-corrected chi connectivity index (χ1v) is 8.70. The lowest BCUT2D eigenvalue weighted by atomic mass is 10.1. The number of fused-ring (bicyclic) bond motifs is 1. The highest BCUT2D eigenvalue weighted by Crippen LogP contribution is 2.31. The van der Waals surface area contributed by atoms with Gasteiger partial charge in [0.05, 0.1) is 15.9 Å². The van der Waals surface area contributed by atoms with E-state index in [2.05, 4.69) is 54.8 Å². The van der Waals surface area contributed by atoms with Crippen molar-refractivity contribution < 1.29 is 4.39 Å². The normalized spacial score (nSPS) is 11.3. The Kier molecular flexibility index (Phi) is 3.69. The van der Waals surface area contributed by atoms with Crippen LogP contribution in [0.3, 0.4) is 0 Å². The molecule has 120 valence electrons. The van der Waals surface area contributed by atoms with Crippen LogP contribution in [0.15, 0.2) is 54.6 Å². The monoisotopic (exact) mass is 336 g/mol. The second kappa shape index (κ2) is 5.87. The zero-order chi connectivity index (χ0) is 16.7. The summed E-state index contributed by atoms with van der Waals surface area (Å²) in [5.41, 5.74) is 4.06. The Morgan fingerprint density at radius 3 is 2.50 bits per heavy atom. The molecule has 0 atom stereocenters. The first-order valence-electron chi connectivity index (χ1n) is 7.88. The number of halogens is 1. The number of benzene rings is 2. The fourth-order valence-corrected chi connectivity index (χ4v) is 3.74. The maximum absolute atomic E-state index is 13.8. The van der Waals surface area contributed by atoms with Gasteiger partial charge in [0, 0.05) is 11.4 Å². The van der Waals surface area contributed by atoms with Crippen molar-refractivity contribution in [3.05, 3.63) is 76.4 Å². The van der Waals surface area contributed by atoms with E-state index in [1.165, 1.54) is 22.1 Å². The second-order valence-electron chi connectivity index (χ2n) is 6.05. The van der Waals surface area contributed by atoms with Crippen molar-refractivity contribution in [2.24, 2.45) is 0 Å². The number of aromatic nitrogens is 2. The Balaban J connectivity index is 1.89. The molecule has 0 fully saturated rings. The molecule has 4 rings (SSSR count). The maximum atomic E-state index is 13.8. The number of nitrogens with zero attached hydrogens (tertiary/aromatic N) is 2. The minimum atomic E-state index is -0.235. The van der Waals surface area contributed by atoms with Crippen LogP contribution in [-0.4, -0.2) is 9.55 Å². The lowest BCUT2D eigenvalue weighted by Crippen LogP contribution is -2.01. The van der Waals surface area contributed by atoms with Gasteiger partial charge in [-0.15, -0.1) is 11.3 Å². The van der Waals surface area contributed by atoms with E-state index >= 15 is 0 Å². The Hall–Kier alpha value is -2.46. The number of hydrogen-bond donors (Lipinski definition) is 0. The summed E-state index contributed by atoms with van der Waals surface area (Å²) in [6.45, 7) is 4.83. The number of imidazole rings is 1. The molecule has 0 N–H and O–H groups in total. The van der Waals surface area contributed by atoms with Crippen molar-refractivity contribution in [3.8, 4) is 10.7 Å². The van der Waals surface area contributed by atoms with Crippen molar-refractivity contribution >= 4 is 22.4 Å². The number of hydrogen-bond acceptors (Lipinski definition) is 2. The minimum absolute atomic E-state index is 0.235. The Labute approximate surface area is 144 Å². The van der Waals surface area contributed by atoms with Crippen molar-refractivity contribution in [1.29, 1.82) is 0 Å². The molecular weight excluding hydrogens is 319 g/mol. The van der Waals surface area contributed by atoms with Gasteiger partial charge in [0.2, 0.25) is 0 Å². The molecule has 4 heteroatoms. The van der Waals surface area contributed by atoms with Gasteiger partial charge in [0.15, 0.2) is 5.82 Å². The lowest BCUT2D eigenvalue weighted by Gasteiger charge is -2.09. The summed E-state index contributed by atoms with van der Waals surface area (Å²) in [6, 6.07) is 17.4. The fourth-order valence-electron chi connectivity index (χ4n) is 2.87. The van der Waals surface area contributed by atoms with Gasteiger partial charge < -0.3 is 4.57 Å². The fraction of sp³-hybridized carbons (Fsp3) is 0.150. The SMILES string of the molecule is Cc1ccc(Cn2c(-c3ccc(C)s3)nc3ccc(F)cc32)cc1. The quantitative estimate of drug-likeness (QED) is 0.478. The smallest absolute Gasteiger partial charge is 0.151 e. The predicted molar refractivity (Wildman–Crippen MR) is 98.0 cm³/mol. The predicted octanol–water partition coefficient (Wildman–Crippen LogP) is 5.57. The van der Waals surface area contributed by atoms with Crippen molar-refractivity contribution in [1.82, 2.24) is 9.55 Å². The number of aryl methyl sites for hydroxylation is 2. The summed E-state index contributed by atoms with van der Waals surface area (Å²) in [7, 11) is 0. The summed E-state index contributed by atoms with van der Waals surface area (Å²) >= 11 is 1.71. The standard InChI is InChI=1S/C20H17FN2S/c1-13-3-6-15(7-4-13)12-23-18-11-16(21)8-9-17(18)22-20(23)19-10-5-14(2)24-19/h3-11H,12H2,1-2H3. The molecule has 0 spiro atoms. The van der Waals surface area contributed by atoms with Crippen LogP contribution >= 0.6 is 11.3 Å². The first kappa shape index (κ1) is 15.1. The molecule has 4 aromatic rings. The molecule has 24 heavy (non-hydrogen) atoms. The summed E-state index contributed by atoms with van der Waals surface area (Å²) in [6.07, 6.45) is 0. The van der Waals surface area contributed by atoms with E-state index in [0.29, 0.717) is 6.54 Å². The van der Waals surface area contributed by atoms with E-state index in [9.17, 15) is 4.39 Å². The van der Waals surface area contributed by atoms with Crippen LogP contribution < -0.4 is 0 Å². The molecule has 0 saturated carbocycles. The maximum Gasteiger partial charge on any atom is 0.151 e. The van der Waals surface area contributed by atoms with E-state index in [-0.39, 0.29) is 5.82 Å². The van der Waals surface area contributed by atoms with Gasteiger partial charge in [0.25, 0.3) is 0 Å².